The summed E-state index contributed by atoms with van der Waals surface area (Å²) in [6, 6.07) is 1.94. The first kappa shape index (κ1) is 12.9. The molecule has 0 spiro atoms. The Morgan fingerprint density at radius 2 is 1.94 bits per heavy atom. The molecule has 1 fully saturated rings. The Morgan fingerprint density at radius 3 is 2.44 bits per heavy atom. The van der Waals surface area contributed by atoms with Gasteiger partial charge in [0.25, 0.3) is 0 Å². The van der Waals surface area contributed by atoms with Crippen molar-refractivity contribution in [1.29, 1.82) is 0 Å². The number of benzene rings is 1. The Bertz CT molecular complexity index is 505. The zero-order valence-corrected chi connectivity index (χ0v) is 11.4. The number of carbonyl (C=O) groups excluding carboxylic acids is 1. The molecule has 0 aliphatic heterocycles. The minimum absolute atomic E-state index is 0.0884. The van der Waals surface area contributed by atoms with Crippen molar-refractivity contribution >= 4 is 11.6 Å². The van der Waals surface area contributed by atoms with Crippen LogP contribution < -0.4 is 15.8 Å². The summed E-state index contributed by atoms with van der Waals surface area (Å²) >= 11 is 0. The molecule has 1 aromatic carbocycles. The van der Waals surface area contributed by atoms with Crippen LogP contribution in [0.4, 0.5) is 5.69 Å². The summed E-state index contributed by atoms with van der Waals surface area (Å²) in [4.78, 5) is 12.0. The van der Waals surface area contributed by atoms with Gasteiger partial charge in [-0.15, -0.1) is 0 Å². The van der Waals surface area contributed by atoms with Crippen LogP contribution in [0.2, 0.25) is 0 Å². The van der Waals surface area contributed by atoms with Gasteiger partial charge in [-0.1, -0.05) is 0 Å². The molecule has 1 aromatic rings. The van der Waals surface area contributed by atoms with E-state index in [4.69, 9.17) is 10.5 Å². The second kappa shape index (κ2) is 4.28. The predicted molar refractivity (Wildman–Crippen MR) is 72.0 cm³/mol. The molecule has 2 rings (SSSR count). The summed E-state index contributed by atoms with van der Waals surface area (Å²) in [6.07, 6.45) is 1.54. The van der Waals surface area contributed by atoms with E-state index < -0.39 is 5.54 Å². The van der Waals surface area contributed by atoms with Gasteiger partial charge in [0.2, 0.25) is 5.91 Å². The monoisotopic (exact) mass is 248 g/mol. The lowest BCUT2D eigenvalue weighted by atomic mass is 10.0. The maximum atomic E-state index is 12.0. The molecule has 1 aliphatic carbocycles. The number of ether oxygens (including phenoxy) is 1. The number of aryl methyl sites for hydroxylation is 1. The zero-order chi connectivity index (χ0) is 13.5. The molecule has 0 unspecified atom stereocenters. The minimum Gasteiger partial charge on any atom is -0.496 e. The van der Waals surface area contributed by atoms with Crippen molar-refractivity contribution in [3.05, 3.63) is 22.8 Å². The van der Waals surface area contributed by atoms with E-state index in [0.29, 0.717) is 0 Å². The Balaban J connectivity index is 2.31. The first-order valence-electron chi connectivity index (χ1n) is 6.14. The molecule has 3 N–H and O–H groups in total. The van der Waals surface area contributed by atoms with Crippen molar-refractivity contribution in [1.82, 2.24) is 0 Å². The molecule has 0 heterocycles. The van der Waals surface area contributed by atoms with E-state index in [1.807, 2.05) is 26.8 Å². The molecule has 98 valence electrons. The topological polar surface area (TPSA) is 64.3 Å². The molecule has 0 atom stereocenters. The maximum Gasteiger partial charge on any atom is 0.244 e. The van der Waals surface area contributed by atoms with Crippen molar-refractivity contribution in [3.63, 3.8) is 0 Å². The molecule has 1 aliphatic rings. The van der Waals surface area contributed by atoms with Gasteiger partial charge in [0.1, 0.15) is 5.75 Å². The van der Waals surface area contributed by atoms with E-state index >= 15 is 0 Å². The highest BCUT2D eigenvalue weighted by Gasteiger charge is 2.46. The third-order valence-electron chi connectivity index (χ3n) is 3.72. The van der Waals surface area contributed by atoms with E-state index in [9.17, 15) is 4.79 Å². The average molecular weight is 248 g/mol. The predicted octanol–water partition coefficient (Wildman–Crippen LogP) is 2.05. The molecular weight excluding hydrogens is 228 g/mol. The fourth-order valence-electron chi connectivity index (χ4n) is 2.11. The number of hydrogen-bond acceptors (Lipinski definition) is 3. The molecule has 1 amide bonds. The smallest absolute Gasteiger partial charge is 0.244 e. The summed E-state index contributed by atoms with van der Waals surface area (Å²) in [5, 5.41) is 2.93. The van der Waals surface area contributed by atoms with Crippen LogP contribution in [-0.2, 0) is 4.79 Å². The molecule has 18 heavy (non-hydrogen) atoms. The lowest BCUT2D eigenvalue weighted by Gasteiger charge is -2.17. The Hall–Kier alpha value is -1.55. The van der Waals surface area contributed by atoms with E-state index in [1.165, 1.54) is 0 Å². The van der Waals surface area contributed by atoms with E-state index in [0.717, 1.165) is 41.0 Å². The Morgan fingerprint density at radius 1 is 1.33 bits per heavy atom. The number of amides is 1. The van der Waals surface area contributed by atoms with Crippen molar-refractivity contribution < 1.29 is 9.53 Å². The van der Waals surface area contributed by atoms with Crippen LogP contribution in [0.15, 0.2) is 6.07 Å². The molecule has 0 saturated heterocycles. The van der Waals surface area contributed by atoms with Crippen molar-refractivity contribution in [2.75, 3.05) is 12.4 Å². The average Bonchev–Trinajstić information content (AvgIpc) is 3.06. The standard InChI is InChI=1S/C14H20N2O2/c1-8-7-11(9(2)10(3)12(8)18-4)16-13(17)14(15)5-6-14/h7H,5-6,15H2,1-4H3,(H,16,17). The van der Waals surface area contributed by atoms with Crippen LogP contribution in [0.3, 0.4) is 0 Å². The lowest BCUT2D eigenvalue weighted by Crippen LogP contribution is -2.38. The van der Waals surface area contributed by atoms with Crippen LogP contribution >= 0.6 is 0 Å². The quantitative estimate of drug-likeness (QED) is 0.860. The van der Waals surface area contributed by atoms with Crippen LogP contribution in [0.5, 0.6) is 5.75 Å². The molecule has 0 aromatic heterocycles. The van der Waals surface area contributed by atoms with Gasteiger partial charge in [0.15, 0.2) is 0 Å². The van der Waals surface area contributed by atoms with Gasteiger partial charge in [-0.05, 0) is 56.4 Å². The fourth-order valence-corrected chi connectivity index (χ4v) is 2.11. The summed E-state index contributed by atoms with van der Waals surface area (Å²) in [5.74, 6) is 0.786. The summed E-state index contributed by atoms with van der Waals surface area (Å²) in [6.45, 7) is 5.94. The number of nitrogens with one attached hydrogen (secondary N) is 1. The first-order chi connectivity index (χ1) is 8.39. The van der Waals surface area contributed by atoms with Crippen LogP contribution in [0, 0.1) is 20.8 Å². The zero-order valence-electron chi connectivity index (χ0n) is 11.4. The molecular formula is C14H20N2O2. The number of hydrogen-bond donors (Lipinski definition) is 2. The molecule has 1 saturated carbocycles. The highest BCUT2D eigenvalue weighted by atomic mass is 16.5. The third-order valence-corrected chi connectivity index (χ3v) is 3.72. The van der Waals surface area contributed by atoms with E-state index in [-0.39, 0.29) is 5.91 Å². The highest BCUT2D eigenvalue weighted by Crippen LogP contribution is 2.35. The number of rotatable bonds is 3. The summed E-state index contributed by atoms with van der Waals surface area (Å²) in [5.41, 5.74) is 9.15. The largest absolute Gasteiger partial charge is 0.496 e. The van der Waals surface area contributed by atoms with Crippen molar-refractivity contribution in [2.45, 2.75) is 39.2 Å². The number of methoxy groups -OCH3 is 1. The maximum absolute atomic E-state index is 12.0. The second-order valence-electron chi connectivity index (χ2n) is 5.13. The molecule has 4 nitrogen and oxygen atoms in total. The SMILES string of the molecule is COc1c(C)cc(NC(=O)C2(N)CC2)c(C)c1C. The molecule has 4 heteroatoms. The van der Waals surface area contributed by atoms with Gasteiger partial charge in [-0.2, -0.15) is 0 Å². The van der Waals surface area contributed by atoms with Gasteiger partial charge in [-0.3, -0.25) is 4.79 Å². The Kier molecular flexibility index (Phi) is 3.07. The molecule has 0 radical (unpaired) electrons. The summed E-state index contributed by atoms with van der Waals surface area (Å²) in [7, 11) is 1.66. The van der Waals surface area contributed by atoms with Crippen LogP contribution in [-0.4, -0.2) is 18.6 Å². The van der Waals surface area contributed by atoms with Gasteiger partial charge >= 0.3 is 0 Å². The third kappa shape index (κ3) is 2.08. The van der Waals surface area contributed by atoms with Gasteiger partial charge in [0, 0.05) is 5.69 Å². The number of carbonyl (C=O) groups is 1. The number of nitrogens with two attached hydrogens (primary N) is 1. The van der Waals surface area contributed by atoms with E-state index in [2.05, 4.69) is 5.32 Å². The van der Waals surface area contributed by atoms with Crippen LogP contribution in [0.25, 0.3) is 0 Å². The second-order valence-corrected chi connectivity index (χ2v) is 5.13. The normalized spacial score (nSPS) is 16.3. The van der Waals surface area contributed by atoms with E-state index in [1.54, 1.807) is 7.11 Å². The van der Waals surface area contributed by atoms with Crippen molar-refractivity contribution in [2.24, 2.45) is 5.73 Å². The van der Waals surface area contributed by atoms with Gasteiger partial charge in [0.05, 0.1) is 12.6 Å². The summed E-state index contributed by atoms with van der Waals surface area (Å²) < 4.78 is 5.36. The fraction of sp³-hybridized carbons (Fsp3) is 0.500. The van der Waals surface area contributed by atoms with Gasteiger partial charge in [-0.25, -0.2) is 0 Å². The lowest BCUT2D eigenvalue weighted by molar-refractivity contribution is -0.118. The highest BCUT2D eigenvalue weighted by molar-refractivity contribution is 6.00. The minimum atomic E-state index is -0.645. The first-order valence-corrected chi connectivity index (χ1v) is 6.14. The van der Waals surface area contributed by atoms with Crippen molar-refractivity contribution in [3.8, 4) is 5.75 Å². The molecule has 0 bridgehead atoms. The van der Waals surface area contributed by atoms with Crippen LogP contribution in [0.1, 0.15) is 29.5 Å². The van der Waals surface area contributed by atoms with Gasteiger partial charge < -0.3 is 15.8 Å². The Labute approximate surface area is 108 Å². The number of anilines is 1.